The quantitative estimate of drug-likeness (QED) is 0.188. The van der Waals surface area contributed by atoms with Crippen LogP contribution in [0.3, 0.4) is 0 Å². The maximum atomic E-state index is 12.9. The summed E-state index contributed by atoms with van der Waals surface area (Å²) in [5.74, 6) is 1.39. The number of furan rings is 1. The second kappa shape index (κ2) is 9.60. The number of amides is 1. The lowest BCUT2D eigenvalue weighted by atomic mass is 10.1. The number of benzene rings is 2. The van der Waals surface area contributed by atoms with Crippen molar-refractivity contribution in [2.24, 2.45) is 0 Å². The number of nitrogens with zero attached hydrogens (tertiary/aromatic N) is 2. The Balaban J connectivity index is 1.49. The van der Waals surface area contributed by atoms with Gasteiger partial charge in [-0.15, -0.1) is 0 Å². The van der Waals surface area contributed by atoms with Gasteiger partial charge in [0.05, 0.1) is 22.5 Å². The molecule has 9 heteroatoms. The molecule has 2 heterocycles. The minimum absolute atomic E-state index is 0.0271. The highest BCUT2D eigenvalue weighted by Gasteiger charge is 2.32. The zero-order valence-electron chi connectivity index (χ0n) is 17.9. The first kappa shape index (κ1) is 22.8. The predicted molar refractivity (Wildman–Crippen MR) is 132 cm³/mol. The van der Waals surface area contributed by atoms with E-state index < -0.39 is 4.92 Å². The van der Waals surface area contributed by atoms with Crippen LogP contribution in [0.2, 0.25) is 0 Å². The van der Waals surface area contributed by atoms with Crippen LogP contribution in [0, 0.1) is 17.0 Å². The minimum Gasteiger partial charge on any atom is -0.497 e. The van der Waals surface area contributed by atoms with Crippen LogP contribution in [0.5, 0.6) is 5.75 Å². The Morgan fingerprint density at radius 2 is 1.94 bits per heavy atom. The Morgan fingerprint density at radius 3 is 2.64 bits per heavy atom. The second-order valence-electron chi connectivity index (χ2n) is 7.41. The van der Waals surface area contributed by atoms with Gasteiger partial charge in [0, 0.05) is 18.7 Å². The summed E-state index contributed by atoms with van der Waals surface area (Å²) in [6.07, 6.45) is 2.28. The molecule has 1 aliphatic rings. The van der Waals surface area contributed by atoms with Crippen molar-refractivity contribution in [2.45, 2.75) is 13.3 Å². The van der Waals surface area contributed by atoms with E-state index in [9.17, 15) is 14.9 Å². The lowest BCUT2D eigenvalue weighted by molar-refractivity contribution is -0.384. The molecule has 0 unspecified atom stereocenters. The van der Waals surface area contributed by atoms with E-state index in [1.807, 2.05) is 24.3 Å². The third-order valence-corrected chi connectivity index (χ3v) is 6.55. The van der Waals surface area contributed by atoms with Gasteiger partial charge in [0.1, 0.15) is 21.6 Å². The first-order chi connectivity index (χ1) is 15.9. The molecule has 1 saturated heterocycles. The summed E-state index contributed by atoms with van der Waals surface area (Å²) in [5, 5.41) is 11.4. The lowest BCUT2D eigenvalue weighted by Crippen LogP contribution is -2.30. The molecule has 1 amide bonds. The Morgan fingerprint density at radius 1 is 1.18 bits per heavy atom. The molecule has 0 atom stereocenters. The first-order valence-electron chi connectivity index (χ1n) is 10.1. The van der Waals surface area contributed by atoms with Gasteiger partial charge in [-0.2, -0.15) is 0 Å². The van der Waals surface area contributed by atoms with Gasteiger partial charge in [0.25, 0.3) is 11.6 Å². The fraction of sp³-hybridized carbons (Fsp3) is 0.167. The number of thioether (sulfide) groups is 1. The standard InChI is InChI=1S/C24H20N2O5S2/c1-15-3-9-19(20(13-15)26(28)29)21-10-8-18(31-21)14-22-23(27)25(24(32)33-22)12-11-16-4-6-17(30-2)7-5-16/h3-10,13-14H,11-12H2,1-2H3/b22-14+. The van der Waals surface area contributed by atoms with Crippen molar-refractivity contribution in [1.82, 2.24) is 4.90 Å². The monoisotopic (exact) mass is 480 g/mol. The summed E-state index contributed by atoms with van der Waals surface area (Å²) in [4.78, 5) is 25.9. The van der Waals surface area contributed by atoms with Crippen LogP contribution >= 0.6 is 24.0 Å². The molecule has 2 aromatic carbocycles. The molecule has 0 saturated carbocycles. The fourth-order valence-corrected chi connectivity index (χ4v) is 4.72. The number of nitro groups is 1. The summed E-state index contributed by atoms with van der Waals surface area (Å²) in [6, 6.07) is 16.0. The van der Waals surface area contributed by atoms with Gasteiger partial charge in [-0.25, -0.2) is 0 Å². The smallest absolute Gasteiger partial charge is 0.280 e. The van der Waals surface area contributed by atoms with Gasteiger partial charge < -0.3 is 9.15 Å². The number of thiocarbonyl (C=S) groups is 1. The van der Waals surface area contributed by atoms with E-state index in [1.54, 1.807) is 49.3 Å². The van der Waals surface area contributed by atoms with Crippen LogP contribution in [0.1, 0.15) is 16.9 Å². The normalized spacial score (nSPS) is 14.8. The molecule has 0 N–H and O–H groups in total. The van der Waals surface area contributed by atoms with Crippen molar-refractivity contribution in [3.05, 3.63) is 86.5 Å². The molecule has 3 aromatic rings. The summed E-state index contributed by atoms with van der Waals surface area (Å²) >= 11 is 6.62. The molecule has 0 bridgehead atoms. The SMILES string of the molecule is COc1ccc(CCN2C(=O)/C(=C\c3ccc(-c4ccc(C)cc4[N+](=O)[O-])o3)SC2=S)cc1. The number of rotatable bonds is 7. The van der Waals surface area contributed by atoms with Gasteiger partial charge in [-0.1, -0.05) is 42.2 Å². The fourth-order valence-electron chi connectivity index (χ4n) is 3.43. The highest BCUT2D eigenvalue weighted by Crippen LogP contribution is 2.35. The van der Waals surface area contributed by atoms with E-state index in [1.165, 1.54) is 17.8 Å². The summed E-state index contributed by atoms with van der Waals surface area (Å²) in [6.45, 7) is 2.26. The third kappa shape index (κ3) is 4.99. The molecule has 1 fully saturated rings. The maximum Gasteiger partial charge on any atom is 0.280 e. The van der Waals surface area contributed by atoms with Crippen molar-refractivity contribution in [1.29, 1.82) is 0 Å². The minimum atomic E-state index is -0.432. The number of aryl methyl sites for hydroxylation is 1. The molecule has 1 aromatic heterocycles. The van der Waals surface area contributed by atoms with Crippen LogP contribution < -0.4 is 4.74 Å². The van der Waals surface area contributed by atoms with Crippen molar-refractivity contribution in [3.63, 3.8) is 0 Å². The topological polar surface area (TPSA) is 85.8 Å². The molecule has 7 nitrogen and oxygen atoms in total. The van der Waals surface area contributed by atoms with Crippen LogP contribution in [-0.2, 0) is 11.2 Å². The number of carbonyl (C=O) groups excluding carboxylic acids is 1. The van der Waals surface area contributed by atoms with Crippen LogP contribution in [0.4, 0.5) is 5.69 Å². The molecule has 4 rings (SSSR count). The zero-order chi connectivity index (χ0) is 23.5. The number of carbonyl (C=O) groups is 1. The average Bonchev–Trinajstić information content (AvgIpc) is 3.37. The van der Waals surface area contributed by atoms with E-state index in [0.717, 1.165) is 16.9 Å². The van der Waals surface area contributed by atoms with Crippen LogP contribution in [-0.4, -0.2) is 33.7 Å². The number of methoxy groups -OCH3 is 1. The average molecular weight is 481 g/mol. The number of nitro benzene ring substituents is 1. The van der Waals surface area contributed by atoms with Gasteiger partial charge in [0.2, 0.25) is 0 Å². The molecule has 0 radical (unpaired) electrons. The number of hydrogen-bond donors (Lipinski definition) is 0. The van der Waals surface area contributed by atoms with Gasteiger partial charge in [-0.3, -0.25) is 19.8 Å². The predicted octanol–water partition coefficient (Wildman–Crippen LogP) is 5.62. The van der Waals surface area contributed by atoms with E-state index in [4.69, 9.17) is 21.4 Å². The highest BCUT2D eigenvalue weighted by atomic mass is 32.2. The van der Waals surface area contributed by atoms with Gasteiger partial charge >= 0.3 is 0 Å². The van der Waals surface area contributed by atoms with Crippen molar-refractivity contribution in [2.75, 3.05) is 13.7 Å². The van der Waals surface area contributed by atoms with E-state index in [0.29, 0.717) is 39.3 Å². The molecule has 168 valence electrons. The molecule has 0 aliphatic carbocycles. The maximum absolute atomic E-state index is 12.9. The van der Waals surface area contributed by atoms with E-state index in [2.05, 4.69) is 0 Å². The molecule has 1 aliphatic heterocycles. The summed E-state index contributed by atoms with van der Waals surface area (Å²) < 4.78 is 11.5. The lowest BCUT2D eigenvalue weighted by Gasteiger charge is -2.14. The van der Waals surface area contributed by atoms with E-state index >= 15 is 0 Å². The third-order valence-electron chi connectivity index (χ3n) is 5.17. The largest absolute Gasteiger partial charge is 0.497 e. The first-order valence-corrected chi connectivity index (χ1v) is 11.3. The van der Waals surface area contributed by atoms with Crippen molar-refractivity contribution in [3.8, 4) is 17.1 Å². The summed E-state index contributed by atoms with van der Waals surface area (Å²) in [5.41, 5.74) is 2.22. The Hall–Kier alpha value is -3.43. The zero-order valence-corrected chi connectivity index (χ0v) is 19.6. The summed E-state index contributed by atoms with van der Waals surface area (Å²) in [7, 11) is 1.62. The van der Waals surface area contributed by atoms with Gasteiger partial charge in [-0.05, 0) is 54.8 Å². The number of hydrogen-bond acceptors (Lipinski definition) is 7. The molecular weight excluding hydrogens is 460 g/mol. The number of ether oxygens (including phenoxy) is 1. The Kier molecular flexibility index (Phi) is 6.62. The Labute approximate surface area is 200 Å². The highest BCUT2D eigenvalue weighted by molar-refractivity contribution is 8.26. The molecule has 33 heavy (non-hydrogen) atoms. The van der Waals surface area contributed by atoms with Crippen LogP contribution in [0.15, 0.2) is 63.9 Å². The van der Waals surface area contributed by atoms with Gasteiger partial charge in [0.15, 0.2) is 0 Å². The Bertz CT molecular complexity index is 1260. The molecular formula is C24H20N2O5S2. The van der Waals surface area contributed by atoms with E-state index in [-0.39, 0.29) is 11.6 Å². The van der Waals surface area contributed by atoms with Crippen molar-refractivity contribution < 1.29 is 18.9 Å². The van der Waals surface area contributed by atoms with Crippen LogP contribution in [0.25, 0.3) is 17.4 Å². The van der Waals surface area contributed by atoms with Crippen molar-refractivity contribution >= 4 is 46.0 Å². The molecule has 0 spiro atoms. The second-order valence-corrected chi connectivity index (χ2v) is 9.09.